The van der Waals surface area contributed by atoms with Crippen LogP contribution in [0, 0.1) is 17.8 Å². The van der Waals surface area contributed by atoms with Crippen LogP contribution >= 0.6 is 0 Å². The summed E-state index contributed by atoms with van der Waals surface area (Å²) in [6.07, 6.45) is 3.81. The number of carboxylic acid groups (broad SMARTS) is 1. The Kier molecular flexibility index (Phi) is 5.19. The average molecular weight is 331 g/mol. The molecule has 5 heteroatoms. The highest BCUT2D eigenvalue weighted by Gasteiger charge is 2.44. The monoisotopic (exact) mass is 331 g/mol. The number of aliphatic hydroxyl groups is 1. The molecule has 3 rings (SSSR count). The van der Waals surface area contributed by atoms with Gasteiger partial charge in [0.2, 0.25) is 5.91 Å². The van der Waals surface area contributed by atoms with Crippen LogP contribution in [0.5, 0.6) is 0 Å². The minimum Gasteiger partial charge on any atom is -0.481 e. The summed E-state index contributed by atoms with van der Waals surface area (Å²) in [6, 6.07) is 9.36. The Morgan fingerprint density at radius 3 is 2.54 bits per heavy atom. The average Bonchev–Trinajstić information content (AvgIpc) is 2.92. The van der Waals surface area contributed by atoms with Gasteiger partial charge in [0, 0.05) is 18.9 Å². The van der Waals surface area contributed by atoms with Gasteiger partial charge < -0.3 is 15.1 Å². The third kappa shape index (κ3) is 3.61. The van der Waals surface area contributed by atoms with Crippen molar-refractivity contribution in [3.63, 3.8) is 0 Å². The maximum Gasteiger partial charge on any atom is 0.307 e. The lowest BCUT2D eigenvalue weighted by Crippen LogP contribution is -2.39. The van der Waals surface area contributed by atoms with Gasteiger partial charge in [-0.1, -0.05) is 43.2 Å². The summed E-state index contributed by atoms with van der Waals surface area (Å²) in [5.41, 5.74) is 0.910. The number of amides is 1. The maximum atomic E-state index is 12.6. The van der Waals surface area contributed by atoms with E-state index in [1.165, 1.54) is 4.90 Å². The van der Waals surface area contributed by atoms with Crippen molar-refractivity contribution in [1.82, 2.24) is 4.90 Å². The molecule has 1 saturated heterocycles. The van der Waals surface area contributed by atoms with Crippen molar-refractivity contribution in [2.45, 2.75) is 44.8 Å². The fraction of sp³-hybridized carbons (Fsp3) is 0.579. The van der Waals surface area contributed by atoms with Gasteiger partial charge in [0.25, 0.3) is 0 Å². The molecule has 2 aliphatic rings. The van der Waals surface area contributed by atoms with Crippen molar-refractivity contribution in [2.24, 2.45) is 17.8 Å². The number of carbonyl (C=O) groups excluding carboxylic acids is 1. The number of rotatable bonds is 5. The lowest BCUT2D eigenvalue weighted by molar-refractivity contribution is -0.149. The van der Waals surface area contributed by atoms with Crippen molar-refractivity contribution in [3.05, 3.63) is 35.9 Å². The number of carboxylic acids is 1. The van der Waals surface area contributed by atoms with Crippen molar-refractivity contribution < 1.29 is 19.8 Å². The molecule has 1 aliphatic heterocycles. The summed E-state index contributed by atoms with van der Waals surface area (Å²) in [7, 11) is 0. The minimum absolute atomic E-state index is 0.0548. The van der Waals surface area contributed by atoms with E-state index in [4.69, 9.17) is 0 Å². The Morgan fingerprint density at radius 2 is 1.88 bits per heavy atom. The topological polar surface area (TPSA) is 77.8 Å². The highest BCUT2D eigenvalue weighted by atomic mass is 16.4. The van der Waals surface area contributed by atoms with Crippen LogP contribution in [0.4, 0.5) is 0 Å². The molecule has 4 atom stereocenters. The van der Waals surface area contributed by atoms with Gasteiger partial charge in [-0.2, -0.15) is 0 Å². The lowest BCUT2D eigenvalue weighted by Gasteiger charge is -2.26. The van der Waals surface area contributed by atoms with Crippen LogP contribution in [0.1, 0.15) is 37.7 Å². The molecule has 1 saturated carbocycles. The van der Waals surface area contributed by atoms with Crippen LogP contribution in [0.3, 0.4) is 0 Å². The van der Waals surface area contributed by atoms with Crippen molar-refractivity contribution >= 4 is 11.9 Å². The number of hydrogen-bond donors (Lipinski definition) is 2. The summed E-state index contributed by atoms with van der Waals surface area (Å²) in [4.78, 5) is 25.7. The third-order valence-electron chi connectivity index (χ3n) is 5.52. The smallest absolute Gasteiger partial charge is 0.307 e. The van der Waals surface area contributed by atoms with Gasteiger partial charge >= 0.3 is 5.97 Å². The summed E-state index contributed by atoms with van der Waals surface area (Å²) < 4.78 is 0. The molecule has 1 unspecified atom stereocenters. The zero-order valence-corrected chi connectivity index (χ0v) is 13.8. The predicted molar refractivity (Wildman–Crippen MR) is 89.1 cm³/mol. The van der Waals surface area contributed by atoms with Gasteiger partial charge in [-0.3, -0.25) is 9.59 Å². The predicted octanol–water partition coefficient (Wildman–Crippen LogP) is 2.29. The van der Waals surface area contributed by atoms with Crippen LogP contribution in [-0.4, -0.2) is 39.8 Å². The number of nitrogens with zero attached hydrogens (tertiary/aromatic N) is 1. The van der Waals surface area contributed by atoms with E-state index in [1.54, 1.807) is 0 Å². The second-order valence-corrected chi connectivity index (χ2v) is 7.10. The Balaban J connectivity index is 1.64. The quantitative estimate of drug-likeness (QED) is 0.868. The molecule has 1 aromatic carbocycles. The van der Waals surface area contributed by atoms with Crippen molar-refractivity contribution in [1.29, 1.82) is 0 Å². The van der Waals surface area contributed by atoms with Crippen LogP contribution in [0.2, 0.25) is 0 Å². The van der Waals surface area contributed by atoms with Gasteiger partial charge in [-0.05, 0) is 30.7 Å². The van der Waals surface area contributed by atoms with Crippen molar-refractivity contribution in [3.8, 4) is 0 Å². The van der Waals surface area contributed by atoms with Crippen LogP contribution in [0.15, 0.2) is 30.3 Å². The second kappa shape index (κ2) is 7.34. The van der Waals surface area contributed by atoms with E-state index in [2.05, 4.69) is 0 Å². The fourth-order valence-electron chi connectivity index (χ4n) is 4.17. The number of hydrogen-bond acceptors (Lipinski definition) is 3. The molecule has 1 aliphatic carbocycles. The van der Waals surface area contributed by atoms with E-state index in [9.17, 15) is 19.8 Å². The van der Waals surface area contributed by atoms with E-state index in [0.29, 0.717) is 18.9 Å². The van der Waals surface area contributed by atoms with Crippen LogP contribution in [0.25, 0.3) is 0 Å². The highest BCUT2D eigenvalue weighted by Crippen LogP contribution is 2.39. The normalized spacial score (nSPS) is 27.5. The summed E-state index contributed by atoms with van der Waals surface area (Å²) >= 11 is 0. The molecule has 1 amide bonds. The third-order valence-corrected chi connectivity index (χ3v) is 5.52. The number of likely N-dealkylation sites (tertiary alicyclic amines) is 1. The Bertz CT molecular complexity index is 588. The summed E-state index contributed by atoms with van der Waals surface area (Å²) in [5, 5.41) is 19.9. The Hall–Kier alpha value is -1.88. The number of fused-ring (bicyclic) bond motifs is 1. The molecular weight excluding hydrogens is 306 g/mol. The number of aliphatic hydroxyl groups excluding tert-OH is 1. The lowest BCUT2D eigenvalue weighted by atomic mass is 9.81. The van der Waals surface area contributed by atoms with Gasteiger partial charge in [0.1, 0.15) is 6.23 Å². The fourth-order valence-corrected chi connectivity index (χ4v) is 4.17. The first-order chi connectivity index (χ1) is 11.6. The van der Waals surface area contributed by atoms with E-state index < -0.39 is 18.1 Å². The molecule has 5 nitrogen and oxygen atoms in total. The van der Waals surface area contributed by atoms with E-state index >= 15 is 0 Å². The largest absolute Gasteiger partial charge is 0.481 e. The maximum absolute atomic E-state index is 12.6. The minimum atomic E-state index is -0.960. The first-order valence-corrected chi connectivity index (χ1v) is 8.80. The Morgan fingerprint density at radius 1 is 1.17 bits per heavy atom. The molecule has 2 fully saturated rings. The molecule has 24 heavy (non-hydrogen) atoms. The molecule has 0 aromatic heterocycles. The van der Waals surface area contributed by atoms with Gasteiger partial charge in [0.15, 0.2) is 0 Å². The molecule has 1 aromatic rings. The van der Waals surface area contributed by atoms with E-state index in [0.717, 1.165) is 31.2 Å². The first-order valence-electron chi connectivity index (χ1n) is 8.80. The van der Waals surface area contributed by atoms with Crippen LogP contribution < -0.4 is 0 Å². The number of aliphatic carboxylic acids is 1. The standard InChI is InChI=1S/C19H25NO4/c21-17(20-12-14-8-4-5-9-16(14)18(20)22)11-15(19(23)24)10-13-6-2-1-3-7-13/h1-3,6-7,14-16,18,22H,4-5,8-12H2,(H,23,24)/t14-,15+,16-,18?/m1/s1. The highest BCUT2D eigenvalue weighted by molar-refractivity contribution is 5.83. The van der Waals surface area contributed by atoms with Crippen LogP contribution in [-0.2, 0) is 16.0 Å². The molecule has 0 bridgehead atoms. The van der Waals surface area contributed by atoms with Gasteiger partial charge in [-0.15, -0.1) is 0 Å². The zero-order valence-electron chi connectivity index (χ0n) is 13.8. The number of carbonyl (C=O) groups is 2. The van der Waals surface area contributed by atoms with E-state index in [-0.39, 0.29) is 18.2 Å². The summed E-state index contributed by atoms with van der Waals surface area (Å²) in [6.45, 7) is 0.572. The SMILES string of the molecule is O=C(O)[C@H](CC(=O)N1C[C@H]2CCCC[C@H]2C1O)Cc1ccccc1. The second-order valence-electron chi connectivity index (χ2n) is 7.10. The molecule has 0 spiro atoms. The molecule has 130 valence electrons. The summed E-state index contributed by atoms with van der Waals surface area (Å²) in [5.74, 6) is -1.41. The molecular formula is C19H25NO4. The Labute approximate surface area is 142 Å². The van der Waals surface area contributed by atoms with Crippen molar-refractivity contribution in [2.75, 3.05) is 6.54 Å². The van der Waals surface area contributed by atoms with Gasteiger partial charge in [-0.25, -0.2) is 0 Å². The van der Waals surface area contributed by atoms with Gasteiger partial charge in [0.05, 0.1) is 5.92 Å². The first kappa shape index (κ1) is 17.0. The zero-order chi connectivity index (χ0) is 17.1. The molecule has 1 heterocycles. The molecule has 2 N–H and O–H groups in total. The van der Waals surface area contributed by atoms with E-state index in [1.807, 2.05) is 30.3 Å². The molecule has 0 radical (unpaired) electrons. The number of benzene rings is 1.